The van der Waals surface area contributed by atoms with E-state index in [1.165, 1.54) is 12.3 Å². The Hall–Kier alpha value is -2.56. The molecular formula is C20H25F3N4O4. The number of morpholine rings is 1. The fourth-order valence-electron chi connectivity index (χ4n) is 4.45. The lowest BCUT2D eigenvalue weighted by Crippen LogP contribution is -2.62. The molecule has 3 aliphatic heterocycles. The van der Waals surface area contributed by atoms with Crippen LogP contribution in [0.25, 0.3) is 0 Å². The molecule has 3 amide bonds. The van der Waals surface area contributed by atoms with Crippen molar-refractivity contribution in [3.63, 3.8) is 0 Å². The van der Waals surface area contributed by atoms with Gasteiger partial charge in [0.15, 0.2) is 0 Å². The summed E-state index contributed by atoms with van der Waals surface area (Å²) >= 11 is 0. The van der Waals surface area contributed by atoms with E-state index in [1.54, 1.807) is 11.0 Å². The number of amides is 3. The van der Waals surface area contributed by atoms with E-state index >= 15 is 0 Å². The number of hydrogen-bond donors (Lipinski definition) is 1. The Labute approximate surface area is 177 Å². The largest absolute Gasteiger partial charge is 0.574 e. The molecule has 4 rings (SSSR count). The molecule has 11 heteroatoms. The zero-order chi connectivity index (χ0) is 22.0. The average molecular weight is 442 g/mol. The fourth-order valence-corrected chi connectivity index (χ4v) is 4.45. The minimum atomic E-state index is -4.75. The molecule has 0 radical (unpaired) electrons. The third-order valence-corrected chi connectivity index (χ3v) is 6.02. The van der Waals surface area contributed by atoms with Gasteiger partial charge in [0, 0.05) is 38.4 Å². The summed E-state index contributed by atoms with van der Waals surface area (Å²) in [7, 11) is 0. The first-order chi connectivity index (χ1) is 14.8. The number of ether oxygens (including phenoxy) is 2. The van der Waals surface area contributed by atoms with E-state index in [9.17, 15) is 22.8 Å². The number of aromatic nitrogens is 1. The number of urea groups is 1. The van der Waals surface area contributed by atoms with Crippen LogP contribution in [0.5, 0.6) is 5.88 Å². The lowest BCUT2D eigenvalue weighted by molar-refractivity contribution is -0.276. The van der Waals surface area contributed by atoms with Crippen LogP contribution in [0.3, 0.4) is 0 Å². The van der Waals surface area contributed by atoms with Crippen molar-refractivity contribution in [2.75, 3.05) is 32.8 Å². The van der Waals surface area contributed by atoms with Crippen molar-refractivity contribution in [3.05, 3.63) is 23.9 Å². The van der Waals surface area contributed by atoms with Crippen LogP contribution in [0, 0.1) is 5.92 Å². The summed E-state index contributed by atoms with van der Waals surface area (Å²) in [6.45, 7) is 2.39. The molecule has 3 fully saturated rings. The Kier molecular flexibility index (Phi) is 6.22. The van der Waals surface area contributed by atoms with Gasteiger partial charge in [-0.25, -0.2) is 9.78 Å². The zero-order valence-electron chi connectivity index (χ0n) is 16.9. The number of likely N-dealkylation sites (tertiary alicyclic amines) is 2. The number of nitrogens with zero attached hydrogens (tertiary/aromatic N) is 3. The smallest absolute Gasteiger partial charge is 0.388 e. The van der Waals surface area contributed by atoms with Crippen molar-refractivity contribution in [2.24, 2.45) is 5.92 Å². The van der Waals surface area contributed by atoms with Crippen LogP contribution in [0.2, 0.25) is 0 Å². The van der Waals surface area contributed by atoms with Crippen LogP contribution in [-0.4, -0.2) is 78.0 Å². The number of carbonyl (C=O) groups excluding carboxylic acids is 2. The summed E-state index contributed by atoms with van der Waals surface area (Å²) < 4.78 is 46.0. The first kappa shape index (κ1) is 21.7. The fraction of sp³-hybridized carbons (Fsp3) is 0.650. The Morgan fingerprint density at radius 1 is 1.19 bits per heavy atom. The van der Waals surface area contributed by atoms with Gasteiger partial charge in [0.2, 0.25) is 11.8 Å². The van der Waals surface area contributed by atoms with Gasteiger partial charge in [0.05, 0.1) is 12.1 Å². The van der Waals surface area contributed by atoms with Crippen LogP contribution in [-0.2, 0) is 16.0 Å². The van der Waals surface area contributed by atoms with Crippen molar-refractivity contribution in [1.82, 2.24) is 20.1 Å². The molecule has 0 aromatic carbocycles. The summed E-state index contributed by atoms with van der Waals surface area (Å²) in [4.78, 5) is 31.8. The highest BCUT2D eigenvalue weighted by molar-refractivity contribution is 5.79. The average Bonchev–Trinajstić information content (AvgIpc) is 2.73. The monoisotopic (exact) mass is 442 g/mol. The molecular weight excluding hydrogens is 417 g/mol. The second-order valence-electron chi connectivity index (χ2n) is 8.23. The topological polar surface area (TPSA) is 84.0 Å². The van der Waals surface area contributed by atoms with E-state index in [0.29, 0.717) is 44.9 Å². The van der Waals surface area contributed by atoms with Crippen molar-refractivity contribution in [3.8, 4) is 5.88 Å². The third kappa shape index (κ3) is 5.57. The Balaban J connectivity index is 1.24. The molecule has 2 atom stereocenters. The third-order valence-electron chi connectivity index (χ3n) is 6.02. The molecule has 0 bridgehead atoms. The lowest BCUT2D eigenvalue weighted by Gasteiger charge is -2.43. The van der Waals surface area contributed by atoms with Crippen molar-refractivity contribution >= 4 is 11.9 Å². The molecule has 3 saturated heterocycles. The van der Waals surface area contributed by atoms with Gasteiger partial charge in [-0.2, -0.15) is 0 Å². The van der Waals surface area contributed by atoms with Crippen LogP contribution in [0.1, 0.15) is 24.8 Å². The van der Waals surface area contributed by atoms with Crippen LogP contribution >= 0.6 is 0 Å². The molecule has 1 N–H and O–H groups in total. The van der Waals surface area contributed by atoms with Gasteiger partial charge < -0.3 is 24.6 Å². The predicted molar refractivity (Wildman–Crippen MR) is 102 cm³/mol. The number of hydrogen-bond acceptors (Lipinski definition) is 5. The maximum Gasteiger partial charge on any atom is 0.574 e. The van der Waals surface area contributed by atoms with Gasteiger partial charge in [-0.15, -0.1) is 13.2 Å². The van der Waals surface area contributed by atoms with Gasteiger partial charge in [0.25, 0.3) is 0 Å². The highest BCUT2D eigenvalue weighted by Crippen LogP contribution is 2.26. The SMILES string of the molecule is O=C1COC2CCN(C(=O)N3CCC(Cc4ccc(OC(F)(F)F)nc4)CC3)C[C@@H]2N1. The number of rotatable bonds is 3. The molecule has 1 aromatic heterocycles. The number of fused-ring (bicyclic) bond motifs is 1. The summed E-state index contributed by atoms with van der Waals surface area (Å²) in [5, 5.41) is 2.90. The summed E-state index contributed by atoms with van der Waals surface area (Å²) in [5.74, 6) is -0.291. The van der Waals surface area contributed by atoms with Gasteiger partial charge in [-0.1, -0.05) is 6.07 Å². The van der Waals surface area contributed by atoms with E-state index < -0.39 is 12.2 Å². The van der Waals surface area contributed by atoms with E-state index in [1.807, 2.05) is 4.90 Å². The molecule has 0 saturated carbocycles. The number of carbonyl (C=O) groups is 2. The predicted octanol–water partition coefficient (Wildman–Crippen LogP) is 1.94. The van der Waals surface area contributed by atoms with Gasteiger partial charge in [-0.05, 0) is 37.2 Å². The normalized spacial score (nSPS) is 25.1. The van der Waals surface area contributed by atoms with E-state index in [2.05, 4.69) is 15.0 Å². The number of pyridine rings is 1. The molecule has 0 aliphatic carbocycles. The second kappa shape index (κ2) is 8.89. The summed E-state index contributed by atoms with van der Waals surface area (Å²) in [6.07, 6.45) is -0.360. The van der Waals surface area contributed by atoms with E-state index in [0.717, 1.165) is 18.4 Å². The Morgan fingerprint density at radius 2 is 1.94 bits per heavy atom. The van der Waals surface area contributed by atoms with Gasteiger partial charge in [0.1, 0.15) is 6.61 Å². The first-order valence-electron chi connectivity index (χ1n) is 10.4. The first-order valence-corrected chi connectivity index (χ1v) is 10.4. The van der Waals surface area contributed by atoms with Gasteiger partial charge in [-0.3, -0.25) is 4.79 Å². The number of piperidine rings is 2. The zero-order valence-corrected chi connectivity index (χ0v) is 16.9. The highest BCUT2D eigenvalue weighted by Gasteiger charge is 2.38. The van der Waals surface area contributed by atoms with Crippen LogP contribution < -0.4 is 10.1 Å². The summed E-state index contributed by atoms with van der Waals surface area (Å²) in [5.41, 5.74) is 0.842. The maximum atomic E-state index is 12.9. The minimum absolute atomic E-state index is 0.0213. The number of alkyl halides is 3. The van der Waals surface area contributed by atoms with Crippen LogP contribution in [0.4, 0.5) is 18.0 Å². The molecule has 1 unspecified atom stereocenters. The Bertz CT molecular complexity index is 797. The molecule has 3 aliphatic rings. The van der Waals surface area contributed by atoms with Crippen LogP contribution in [0.15, 0.2) is 18.3 Å². The summed E-state index contributed by atoms with van der Waals surface area (Å²) in [6, 6.07) is 2.63. The van der Waals surface area contributed by atoms with Crippen molar-refractivity contribution in [1.29, 1.82) is 0 Å². The molecule has 170 valence electrons. The second-order valence-corrected chi connectivity index (χ2v) is 8.23. The quantitative estimate of drug-likeness (QED) is 0.774. The van der Waals surface area contributed by atoms with Crippen molar-refractivity contribution in [2.45, 2.75) is 44.2 Å². The molecule has 8 nitrogen and oxygen atoms in total. The molecule has 0 spiro atoms. The van der Waals surface area contributed by atoms with Crippen molar-refractivity contribution < 1.29 is 32.2 Å². The molecule has 4 heterocycles. The molecule has 31 heavy (non-hydrogen) atoms. The Morgan fingerprint density at radius 3 is 2.61 bits per heavy atom. The molecule has 1 aromatic rings. The standard InChI is InChI=1S/C20H25F3N4O4/c21-20(22,23)31-18-2-1-14(10-24-18)9-13-3-6-26(7-4-13)19(29)27-8-5-16-15(11-27)25-17(28)12-30-16/h1-2,10,13,15-16H,3-9,11-12H2,(H,25,28)/t15-,16?/m0/s1. The highest BCUT2D eigenvalue weighted by atomic mass is 19.4. The van der Waals surface area contributed by atoms with E-state index in [4.69, 9.17) is 4.74 Å². The maximum absolute atomic E-state index is 12.9. The number of nitrogens with one attached hydrogen (secondary N) is 1. The van der Waals surface area contributed by atoms with E-state index in [-0.39, 0.29) is 30.7 Å². The van der Waals surface area contributed by atoms with Gasteiger partial charge >= 0.3 is 12.4 Å². The minimum Gasteiger partial charge on any atom is -0.388 e. The lowest BCUT2D eigenvalue weighted by atomic mass is 9.91. The number of halogens is 3.